The zero-order chi connectivity index (χ0) is 19.0. The summed E-state index contributed by atoms with van der Waals surface area (Å²) in [4.78, 5) is 14.9. The second-order valence-electron chi connectivity index (χ2n) is 7.32. The van der Waals surface area contributed by atoms with Crippen LogP contribution in [0.5, 0.6) is 5.75 Å². The van der Waals surface area contributed by atoms with Gasteiger partial charge in [0, 0.05) is 12.6 Å². The number of carbonyl (C=O) groups is 1. The summed E-state index contributed by atoms with van der Waals surface area (Å²) in [7, 11) is 1.93. The Morgan fingerprint density at radius 2 is 2.00 bits per heavy atom. The van der Waals surface area contributed by atoms with Crippen molar-refractivity contribution in [3.8, 4) is 5.75 Å². The van der Waals surface area contributed by atoms with Crippen LogP contribution in [0.2, 0.25) is 0 Å². The van der Waals surface area contributed by atoms with Gasteiger partial charge < -0.3 is 10.1 Å². The number of nitrogens with one attached hydrogen (secondary N) is 1. The Hall–Kier alpha value is -2.47. The molecule has 2 aliphatic heterocycles. The summed E-state index contributed by atoms with van der Waals surface area (Å²) < 4.78 is 32.7. The number of likely N-dealkylation sites (tertiary alicyclic amines) is 1. The van der Waals surface area contributed by atoms with Crippen molar-refractivity contribution in [3.63, 3.8) is 0 Å². The molecular weight excluding hydrogens is 350 g/mol. The number of halogens is 2. The predicted octanol–water partition coefficient (Wildman–Crippen LogP) is 3.08. The van der Waals surface area contributed by atoms with Gasteiger partial charge >= 0.3 is 0 Å². The molecule has 4 nitrogen and oxygen atoms in total. The van der Waals surface area contributed by atoms with E-state index in [1.807, 2.05) is 31.3 Å². The highest BCUT2D eigenvalue weighted by Crippen LogP contribution is 2.33. The van der Waals surface area contributed by atoms with E-state index in [-0.39, 0.29) is 23.9 Å². The van der Waals surface area contributed by atoms with Gasteiger partial charge in [0.1, 0.15) is 12.4 Å². The minimum atomic E-state index is -0.866. The summed E-state index contributed by atoms with van der Waals surface area (Å²) in [5.41, 5.74) is 1.70. The van der Waals surface area contributed by atoms with E-state index in [0.717, 1.165) is 30.3 Å². The second-order valence-corrected chi connectivity index (χ2v) is 7.32. The van der Waals surface area contributed by atoms with Crippen molar-refractivity contribution >= 4 is 5.91 Å². The highest BCUT2D eigenvalue weighted by atomic mass is 19.2. The number of para-hydroxylation sites is 1. The van der Waals surface area contributed by atoms with Crippen LogP contribution < -0.4 is 10.1 Å². The number of likely N-dealkylation sites (N-methyl/N-ethyl adjacent to an activating group) is 1. The molecule has 6 heteroatoms. The maximum absolute atomic E-state index is 13.7. The average Bonchev–Trinajstić information content (AvgIpc) is 3.03. The van der Waals surface area contributed by atoms with Gasteiger partial charge in [-0.05, 0) is 49.2 Å². The lowest BCUT2D eigenvalue weighted by atomic mass is 9.94. The van der Waals surface area contributed by atoms with E-state index < -0.39 is 11.6 Å². The minimum absolute atomic E-state index is 0.0580. The van der Waals surface area contributed by atoms with Crippen LogP contribution in [-0.4, -0.2) is 37.0 Å². The molecule has 0 radical (unpaired) electrons. The van der Waals surface area contributed by atoms with Gasteiger partial charge in [0.15, 0.2) is 11.6 Å². The Balaban J connectivity index is 1.48. The molecule has 0 aliphatic carbocycles. The normalized spacial score (nSPS) is 24.9. The van der Waals surface area contributed by atoms with E-state index in [4.69, 9.17) is 4.74 Å². The monoisotopic (exact) mass is 372 g/mol. The summed E-state index contributed by atoms with van der Waals surface area (Å²) in [6, 6.07) is 11.4. The van der Waals surface area contributed by atoms with Crippen molar-refractivity contribution in [3.05, 3.63) is 65.2 Å². The molecule has 2 heterocycles. The van der Waals surface area contributed by atoms with Crippen molar-refractivity contribution in [2.75, 3.05) is 20.2 Å². The first kappa shape index (κ1) is 17.9. The molecule has 0 saturated carbocycles. The molecule has 142 valence electrons. The number of carbonyl (C=O) groups excluding carboxylic acids is 1. The van der Waals surface area contributed by atoms with Crippen LogP contribution in [0.4, 0.5) is 8.78 Å². The molecule has 0 unspecified atom stereocenters. The minimum Gasteiger partial charge on any atom is -0.492 e. The van der Waals surface area contributed by atoms with E-state index in [1.165, 1.54) is 6.07 Å². The largest absolute Gasteiger partial charge is 0.492 e. The summed E-state index contributed by atoms with van der Waals surface area (Å²) in [6.07, 6.45) is 1.40. The van der Waals surface area contributed by atoms with Gasteiger partial charge in [0.2, 0.25) is 5.91 Å². The average molecular weight is 372 g/mol. The van der Waals surface area contributed by atoms with Gasteiger partial charge in [-0.2, -0.15) is 0 Å². The van der Waals surface area contributed by atoms with E-state index in [2.05, 4.69) is 10.2 Å². The van der Waals surface area contributed by atoms with Gasteiger partial charge in [-0.1, -0.05) is 24.3 Å². The van der Waals surface area contributed by atoms with Gasteiger partial charge in [-0.3, -0.25) is 9.69 Å². The first-order valence-corrected chi connectivity index (χ1v) is 9.19. The highest BCUT2D eigenvalue weighted by molar-refractivity contribution is 5.80. The molecular formula is C21H22F2N2O2. The maximum Gasteiger partial charge on any atom is 0.227 e. The van der Waals surface area contributed by atoms with Crippen molar-refractivity contribution in [2.45, 2.75) is 24.9 Å². The second kappa shape index (κ2) is 7.27. The third-order valence-corrected chi connectivity index (χ3v) is 5.51. The molecule has 1 N–H and O–H groups in total. The molecule has 1 saturated heterocycles. The van der Waals surface area contributed by atoms with Crippen LogP contribution in [-0.2, 0) is 11.2 Å². The maximum atomic E-state index is 13.7. The number of rotatable bonds is 3. The number of ether oxygens (including phenoxy) is 1. The first-order chi connectivity index (χ1) is 13.0. The summed E-state index contributed by atoms with van der Waals surface area (Å²) in [5, 5.41) is 3.12. The van der Waals surface area contributed by atoms with E-state index in [9.17, 15) is 13.6 Å². The number of benzene rings is 2. The van der Waals surface area contributed by atoms with Gasteiger partial charge in [-0.15, -0.1) is 0 Å². The third kappa shape index (κ3) is 3.54. The molecule has 0 aromatic heterocycles. The Bertz CT molecular complexity index is 858. The number of fused-ring (bicyclic) bond motifs is 1. The van der Waals surface area contributed by atoms with Crippen molar-refractivity contribution in [2.24, 2.45) is 5.92 Å². The molecule has 2 aromatic rings. The van der Waals surface area contributed by atoms with Crippen LogP contribution in [0.25, 0.3) is 0 Å². The van der Waals surface area contributed by atoms with Gasteiger partial charge in [-0.25, -0.2) is 8.78 Å². The Morgan fingerprint density at radius 3 is 2.81 bits per heavy atom. The van der Waals surface area contributed by atoms with Crippen LogP contribution in [0, 0.1) is 17.6 Å². The quantitative estimate of drug-likeness (QED) is 0.900. The van der Waals surface area contributed by atoms with Crippen LogP contribution in [0.1, 0.15) is 23.6 Å². The lowest BCUT2D eigenvalue weighted by Gasteiger charge is -2.29. The Morgan fingerprint density at radius 1 is 1.19 bits per heavy atom. The molecule has 1 fully saturated rings. The van der Waals surface area contributed by atoms with Gasteiger partial charge in [0.25, 0.3) is 0 Å². The SMILES string of the molecule is CN1CC[C@H](NC(=O)[C@H]2COc3ccccc3C2)[C@H]1c1ccc(F)c(F)c1. The topological polar surface area (TPSA) is 41.6 Å². The number of hydrogen-bond donors (Lipinski definition) is 1. The number of amides is 1. The molecule has 0 spiro atoms. The third-order valence-electron chi connectivity index (χ3n) is 5.51. The standard InChI is InChI=1S/C21H22F2N2O2/c1-25-9-8-18(20(25)14-6-7-16(22)17(23)11-14)24-21(26)15-10-13-4-2-3-5-19(13)27-12-15/h2-7,11,15,18,20H,8-10,12H2,1H3,(H,24,26)/t15-,18+,20-/m1/s1. The van der Waals surface area contributed by atoms with Crippen LogP contribution >= 0.6 is 0 Å². The van der Waals surface area contributed by atoms with E-state index >= 15 is 0 Å². The summed E-state index contributed by atoms with van der Waals surface area (Å²) in [5.74, 6) is -1.20. The number of nitrogens with zero attached hydrogens (tertiary/aromatic N) is 1. The van der Waals surface area contributed by atoms with Crippen molar-refractivity contribution in [1.29, 1.82) is 0 Å². The zero-order valence-electron chi connectivity index (χ0n) is 15.1. The fourth-order valence-corrected chi connectivity index (χ4v) is 4.08. The lowest BCUT2D eigenvalue weighted by Crippen LogP contribution is -2.44. The molecule has 27 heavy (non-hydrogen) atoms. The fourth-order valence-electron chi connectivity index (χ4n) is 4.08. The molecule has 2 aliphatic rings. The van der Waals surface area contributed by atoms with Crippen LogP contribution in [0.15, 0.2) is 42.5 Å². The summed E-state index contributed by atoms with van der Waals surface area (Å²) in [6.45, 7) is 1.12. The molecule has 2 aromatic carbocycles. The fraction of sp³-hybridized carbons (Fsp3) is 0.381. The van der Waals surface area contributed by atoms with Crippen molar-refractivity contribution in [1.82, 2.24) is 10.2 Å². The van der Waals surface area contributed by atoms with Crippen LogP contribution in [0.3, 0.4) is 0 Å². The van der Waals surface area contributed by atoms with E-state index in [0.29, 0.717) is 18.6 Å². The zero-order valence-corrected chi connectivity index (χ0v) is 15.1. The smallest absolute Gasteiger partial charge is 0.227 e. The molecule has 0 bridgehead atoms. The van der Waals surface area contributed by atoms with Gasteiger partial charge in [0.05, 0.1) is 12.0 Å². The Labute approximate surface area is 157 Å². The lowest BCUT2D eigenvalue weighted by molar-refractivity contribution is -0.127. The molecule has 4 rings (SSSR count). The predicted molar refractivity (Wildman–Crippen MR) is 97.4 cm³/mol. The van der Waals surface area contributed by atoms with Crippen molar-refractivity contribution < 1.29 is 18.3 Å². The molecule has 1 amide bonds. The molecule has 3 atom stereocenters. The first-order valence-electron chi connectivity index (χ1n) is 9.19. The summed E-state index contributed by atoms with van der Waals surface area (Å²) >= 11 is 0. The Kier molecular flexibility index (Phi) is 4.83. The van der Waals surface area contributed by atoms with E-state index in [1.54, 1.807) is 6.07 Å². The number of hydrogen-bond acceptors (Lipinski definition) is 3. The highest BCUT2D eigenvalue weighted by Gasteiger charge is 2.36.